The van der Waals surface area contributed by atoms with E-state index in [1.165, 1.54) is 126 Å². The minimum absolute atomic E-state index is 0.0400. The highest BCUT2D eigenvalue weighted by Crippen LogP contribution is 2.45. The molecule has 0 saturated heterocycles. The molecule has 9 nitrogen and oxygen atoms in total. The molecule has 1 aromatic carbocycles. The van der Waals surface area contributed by atoms with E-state index in [2.05, 4.69) is 114 Å². The quantitative estimate of drug-likeness (QED) is 0.0274. The van der Waals surface area contributed by atoms with Crippen LogP contribution in [0, 0.1) is 17.8 Å². The van der Waals surface area contributed by atoms with Gasteiger partial charge < -0.3 is 33.2 Å². The molecule has 0 bridgehead atoms. The maximum Gasteiger partial charge on any atom is 0.139 e. The van der Waals surface area contributed by atoms with E-state index in [9.17, 15) is 0 Å². The molecule has 0 spiro atoms. The Balaban J connectivity index is 1.25. The SMILES string of the molecule is CCCCCC/C=C\COOCCCCCCCOCC(CCOCCOCCOCCOCCOC(C1=CCC=CC=C1)(C1=CCCCC1)c1ccccc1)OCCCCCC[C@H](C)CCC[C@H](C)CCCC(C)C. The Morgan fingerprint density at radius 2 is 1.16 bits per heavy atom. The minimum atomic E-state index is -0.614. The average Bonchev–Trinajstić information content (AvgIpc) is 3.73. The smallest absolute Gasteiger partial charge is 0.139 e. The number of rotatable bonds is 53. The molecule has 1 aromatic rings. The zero-order valence-electron chi connectivity index (χ0n) is 49.5. The highest BCUT2D eigenvalue weighted by Gasteiger charge is 2.40. The summed E-state index contributed by atoms with van der Waals surface area (Å²) < 4.78 is 43.2. The second-order valence-corrected chi connectivity index (χ2v) is 22.2. The van der Waals surface area contributed by atoms with Crippen LogP contribution in [-0.4, -0.2) is 98.6 Å². The Bertz CT molecular complexity index is 1610. The second kappa shape index (κ2) is 48.5. The largest absolute Gasteiger partial charge is 0.379 e. The zero-order chi connectivity index (χ0) is 54.1. The van der Waals surface area contributed by atoms with E-state index >= 15 is 0 Å². The van der Waals surface area contributed by atoms with E-state index in [0.29, 0.717) is 79.3 Å². The van der Waals surface area contributed by atoms with Gasteiger partial charge >= 0.3 is 0 Å². The van der Waals surface area contributed by atoms with Crippen LogP contribution in [0.1, 0.15) is 214 Å². The molecule has 76 heavy (non-hydrogen) atoms. The van der Waals surface area contributed by atoms with E-state index in [1.54, 1.807) is 0 Å². The molecule has 2 aliphatic carbocycles. The van der Waals surface area contributed by atoms with E-state index in [0.717, 1.165) is 95.2 Å². The predicted octanol–water partition coefficient (Wildman–Crippen LogP) is 17.3. The summed E-state index contributed by atoms with van der Waals surface area (Å²) in [6.07, 6.45) is 50.4. The monoisotopic (exact) mass is 1060 g/mol. The predicted molar refractivity (Wildman–Crippen MR) is 317 cm³/mol. The maximum atomic E-state index is 6.95. The molecule has 0 N–H and O–H groups in total. The molecule has 0 saturated carbocycles. The Kier molecular flexibility index (Phi) is 43.3. The van der Waals surface area contributed by atoms with Crippen molar-refractivity contribution in [2.75, 3.05) is 92.5 Å². The van der Waals surface area contributed by atoms with Gasteiger partial charge in [-0.05, 0) is 105 Å². The lowest BCUT2D eigenvalue weighted by Crippen LogP contribution is -2.36. The third-order valence-electron chi connectivity index (χ3n) is 14.8. The first-order valence-electron chi connectivity index (χ1n) is 31.3. The van der Waals surface area contributed by atoms with Crippen molar-refractivity contribution in [3.63, 3.8) is 0 Å². The first-order chi connectivity index (χ1) is 37.5. The maximum absolute atomic E-state index is 6.95. The Hall–Kier alpha value is -2.44. The third kappa shape index (κ3) is 34.5. The van der Waals surface area contributed by atoms with E-state index < -0.39 is 5.60 Å². The van der Waals surface area contributed by atoms with Gasteiger partial charge in [0.15, 0.2) is 0 Å². The van der Waals surface area contributed by atoms with Gasteiger partial charge in [0.1, 0.15) is 12.2 Å². The lowest BCUT2D eigenvalue weighted by Gasteiger charge is -2.39. The van der Waals surface area contributed by atoms with Crippen LogP contribution in [-0.2, 0) is 48.5 Å². The molecule has 4 atom stereocenters. The van der Waals surface area contributed by atoms with Crippen LogP contribution in [0.2, 0.25) is 0 Å². The van der Waals surface area contributed by atoms with Crippen molar-refractivity contribution < 1.29 is 42.9 Å². The number of benzene rings is 1. The first kappa shape index (κ1) is 67.8. The average molecular weight is 1060 g/mol. The van der Waals surface area contributed by atoms with Gasteiger partial charge in [0.05, 0.1) is 72.2 Å². The van der Waals surface area contributed by atoms with Crippen molar-refractivity contribution in [3.8, 4) is 0 Å². The lowest BCUT2D eigenvalue weighted by atomic mass is 9.75. The standard InChI is InChI=1S/C67H114O9/c1-6-7-8-9-10-16-30-48-75-76-49-31-17-11-15-28-46-72-59-66(73-47-29-18-14-21-35-61(4)37-33-38-62(5)36-32-34-60(2)3)45-50-68-51-52-69-53-54-70-55-56-71-57-58-74-67(64-41-24-19-25-42-64,65-43-26-20-27-44-65)63-39-22-12-13-23-40-63/h12-13,16,19,22,24-25,30,39-43,60-62,66H,6-11,14-15,17-18,20-21,23,26-29,31-38,44-59H2,1-5H3/b30-16-/t61-,62+,66?,67?/m0/s1. The normalized spacial score (nSPS) is 16.0. The summed E-state index contributed by atoms with van der Waals surface area (Å²) in [5, 5.41) is 0. The van der Waals surface area contributed by atoms with Gasteiger partial charge in [-0.15, -0.1) is 0 Å². The van der Waals surface area contributed by atoms with Gasteiger partial charge in [-0.3, -0.25) is 0 Å². The third-order valence-corrected chi connectivity index (χ3v) is 14.8. The lowest BCUT2D eigenvalue weighted by molar-refractivity contribution is -0.286. The summed E-state index contributed by atoms with van der Waals surface area (Å²) >= 11 is 0. The van der Waals surface area contributed by atoms with Crippen LogP contribution in [0.4, 0.5) is 0 Å². The second-order valence-electron chi connectivity index (χ2n) is 22.2. The van der Waals surface area contributed by atoms with Gasteiger partial charge in [0, 0.05) is 19.8 Å². The molecule has 0 amide bonds. The number of ether oxygens (including phenoxy) is 7. The highest BCUT2D eigenvalue weighted by molar-refractivity contribution is 5.49. The molecule has 2 aliphatic rings. The summed E-state index contributed by atoms with van der Waals surface area (Å²) in [4.78, 5) is 10.7. The Morgan fingerprint density at radius 3 is 1.86 bits per heavy atom. The number of allylic oxidation sites excluding steroid dienone is 6. The molecule has 0 aliphatic heterocycles. The molecule has 3 rings (SSSR count). The molecular formula is C67H114O9. The fourth-order valence-corrected chi connectivity index (χ4v) is 10.2. The molecule has 0 radical (unpaired) electrons. The molecule has 0 fully saturated rings. The fraction of sp³-hybridized carbons (Fsp3) is 0.761. The van der Waals surface area contributed by atoms with Gasteiger partial charge in [-0.1, -0.05) is 216 Å². The zero-order valence-corrected chi connectivity index (χ0v) is 49.5. The van der Waals surface area contributed by atoms with Crippen LogP contribution in [0.3, 0.4) is 0 Å². The van der Waals surface area contributed by atoms with Crippen molar-refractivity contribution in [3.05, 3.63) is 95.6 Å². The fourth-order valence-electron chi connectivity index (χ4n) is 10.2. The summed E-state index contributed by atoms with van der Waals surface area (Å²) in [5.74, 6) is 2.54. The Morgan fingerprint density at radius 1 is 0.526 bits per heavy atom. The summed E-state index contributed by atoms with van der Waals surface area (Å²) in [5.41, 5.74) is 3.11. The highest BCUT2D eigenvalue weighted by atomic mass is 17.2. The molecule has 2 unspecified atom stereocenters. The van der Waals surface area contributed by atoms with E-state index in [-0.39, 0.29) is 6.10 Å². The van der Waals surface area contributed by atoms with Crippen LogP contribution < -0.4 is 0 Å². The molecular weight excluding hydrogens is 949 g/mol. The minimum Gasteiger partial charge on any atom is -0.379 e. The van der Waals surface area contributed by atoms with Crippen LogP contribution in [0.15, 0.2) is 90.1 Å². The van der Waals surface area contributed by atoms with Crippen molar-refractivity contribution in [2.24, 2.45) is 17.8 Å². The summed E-state index contributed by atoms with van der Waals surface area (Å²) in [7, 11) is 0. The van der Waals surface area contributed by atoms with Crippen molar-refractivity contribution >= 4 is 0 Å². The van der Waals surface area contributed by atoms with E-state index in [1.807, 2.05) is 0 Å². The van der Waals surface area contributed by atoms with Gasteiger partial charge in [0.2, 0.25) is 0 Å². The van der Waals surface area contributed by atoms with E-state index in [4.69, 9.17) is 42.9 Å². The molecule has 0 heterocycles. The van der Waals surface area contributed by atoms with Crippen molar-refractivity contribution in [1.82, 2.24) is 0 Å². The van der Waals surface area contributed by atoms with Crippen LogP contribution >= 0.6 is 0 Å². The number of unbranched alkanes of at least 4 members (excludes halogenated alkanes) is 11. The molecule has 0 aromatic heterocycles. The first-order valence-corrected chi connectivity index (χ1v) is 31.3. The van der Waals surface area contributed by atoms with Gasteiger partial charge in [-0.2, -0.15) is 0 Å². The Labute approximate surface area is 466 Å². The van der Waals surface area contributed by atoms with Gasteiger partial charge in [0.25, 0.3) is 0 Å². The van der Waals surface area contributed by atoms with Crippen LogP contribution in [0.25, 0.3) is 0 Å². The topological polar surface area (TPSA) is 83.1 Å². The molecule has 436 valence electrons. The summed E-state index contributed by atoms with van der Waals surface area (Å²) in [6.45, 7) is 19.9. The van der Waals surface area contributed by atoms with Gasteiger partial charge in [-0.25, -0.2) is 9.78 Å². The van der Waals surface area contributed by atoms with Crippen molar-refractivity contribution in [2.45, 2.75) is 220 Å². The van der Waals surface area contributed by atoms with Crippen LogP contribution in [0.5, 0.6) is 0 Å². The number of hydrogen-bond acceptors (Lipinski definition) is 9. The summed E-state index contributed by atoms with van der Waals surface area (Å²) in [6, 6.07) is 10.7. The number of hydrogen-bond donors (Lipinski definition) is 0. The van der Waals surface area contributed by atoms with Crippen molar-refractivity contribution in [1.29, 1.82) is 0 Å². The molecule has 9 heteroatoms.